The van der Waals surface area contributed by atoms with E-state index in [-0.39, 0.29) is 11.6 Å². The second-order valence-electron chi connectivity index (χ2n) is 7.38. The number of nitrogens with one attached hydrogen (secondary N) is 1. The highest BCUT2D eigenvalue weighted by Gasteiger charge is 2.49. The maximum Gasteiger partial charge on any atom is 0.534 e. The molecule has 30 heavy (non-hydrogen) atoms. The molecular formula is C16H23F3N4O6S. The van der Waals surface area contributed by atoms with Gasteiger partial charge in [-0.2, -0.15) is 26.6 Å². The molecule has 1 aliphatic rings. The molecule has 1 N–H and O–H groups in total. The van der Waals surface area contributed by atoms with Crippen molar-refractivity contribution in [3.8, 4) is 5.88 Å². The summed E-state index contributed by atoms with van der Waals surface area (Å²) >= 11 is 0. The SMILES string of the molecule is C[C@H](NC(=O)OC(C)(C)C)c1cc(OS(=O)(=O)C(F)(F)F)nc(N2CCOCC2)n1. The maximum atomic E-state index is 12.7. The highest BCUT2D eigenvalue weighted by atomic mass is 32.2. The zero-order valence-electron chi connectivity index (χ0n) is 16.8. The molecule has 1 atom stereocenters. The van der Waals surface area contributed by atoms with Crippen molar-refractivity contribution in [2.75, 3.05) is 31.2 Å². The van der Waals surface area contributed by atoms with Crippen molar-refractivity contribution in [2.24, 2.45) is 0 Å². The molecule has 1 aromatic heterocycles. The van der Waals surface area contributed by atoms with E-state index < -0.39 is 39.2 Å². The molecule has 1 saturated heterocycles. The van der Waals surface area contributed by atoms with Gasteiger partial charge in [0.25, 0.3) is 0 Å². The second kappa shape index (κ2) is 8.79. The molecule has 0 radical (unpaired) electrons. The van der Waals surface area contributed by atoms with Gasteiger partial charge >= 0.3 is 21.7 Å². The summed E-state index contributed by atoms with van der Waals surface area (Å²) in [6, 6.07) is 0.0634. The van der Waals surface area contributed by atoms with Crippen LogP contribution in [0.5, 0.6) is 5.88 Å². The van der Waals surface area contributed by atoms with E-state index in [9.17, 15) is 26.4 Å². The van der Waals surface area contributed by atoms with E-state index in [0.717, 1.165) is 6.07 Å². The van der Waals surface area contributed by atoms with Crippen molar-refractivity contribution in [3.05, 3.63) is 11.8 Å². The van der Waals surface area contributed by atoms with E-state index >= 15 is 0 Å². The Morgan fingerprint density at radius 3 is 2.37 bits per heavy atom. The van der Waals surface area contributed by atoms with E-state index in [2.05, 4.69) is 19.5 Å². The van der Waals surface area contributed by atoms with Crippen LogP contribution in [0.2, 0.25) is 0 Å². The van der Waals surface area contributed by atoms with Crippen LogP contribution in [0, 0.1) is 0 Å². The Hall–Kier alpha value is -2.35. The van der Waals surface area contributed by atoms with Gasteiger partial charge in [0.15, 0.2) is 0 Å². The van der Waals surface area contributed by atoms with Crippen LogP contribution < -0.4 is 14.4 Å². The van der Waals surface area contributed by atoms with E-state index in [1.54, 1.807) is 25.7 Å². The zero-order chi connectivity index (χ0) is 22.7. The lowest BCUT2D eigenvalue weighted by Crippen LogP contribution is -2.38. The zero-order valence-corrected chi connectivity index (χ0v) is 17.6. The first-order chi connectivity index (χ1) is 13.7. The standard InChI is InChI=1S/C16H23F3N4O6S/c1-10(20-14(24)28-15(2,3)4)11-9-12(29-30(25,26)16(17,18)19)22-13(21-11)23-5-7-27-8-6-23/h9-10H,5-8H2,1-4H3,(H,20,24)/t10-/m0/s1. The third kappa shape index (κ3) is 6.58. The van der Waals surface area contributed by atoms with Gasteiger partial charge in [-0.15, -0.1) is 0 Å². The number of hydrogen-bond donors (Lipinski definition) is 1. The number of ether oxygens (including phenoxy) is 2. The molecule has 1 fully saturated rings. The Bertz CT molecular complexity index is 867. The number of carbonyl (C=O) groups excluding carboxylic acids is 1. The Balaban J connectivity index is 2.34. The minimum absolute atomic E-state index is 0.0322. The third-order valence-electron chi connectivity index (χ3n) is 3.66. The molecule has 10 nitrogen and oxygen atoms in total. The van der Waals surface area contributed by atoms with Crippen molar-refractivity contribution in [1.82, 2.24) is 15.3 Å². The third-order valence-corrected chi connectivity index (χ3v) is 4.62. The van der Waals surface area contributed by atoms with Crippen LogP contribution in [-0.2, 0) is 19.6 Å². The molecule has 14 heteroatoms. The lowest BCUT2D eigenvalue weighted by Gasteiger charge is -2.28. The number of nitrogens with zero attached hydrogens (tertiary/aromatic N) is 3. The summed E-state index contributed by atoms with van der Waals surface area (Å²) < 4.78 is 75.4. The predicted octanol–water partition coefficient (Wildman–Crippen LogP) is 2.13. The van der Waals surface area contributed by atoms with Crippen molar-refractivity contribution in [3.63, 3.8) is 0 Å². The van der Waals surface area contributed by atoms with E-state index in [4.69, 9.17) is 9.47 Å². The number of rotatable bonds is 5. The molecule has 0 aliphatic carbocycles. The number of aromatic nitrogens is 2. The van der Waals surface area contributed by atoms with Gasteiger partial charge in [-0.3, -0.25) is 0 Å². The molecule has 0 unspecified atom stereocenters. The number of morpholine rings is 1. The average molecular weight is 456 g/mol. The maximum absolute atomic E-state index is 12.7. The molecule has 2 heterocycles. The second-order valence-corrected chi connectivity index (χ2v) is 8.92. The van der Waals surface area contributed by atoms with Crippen molar-refractivity contribution in [1.29, 1.82) is 0 Å². The Labute approximate surface area is 171 Å². The van der Waals surface area contributed by atoms with Crippen LogP contribution in [0.3, 0.4) is 0 Å². The fraction of sp³-hybridized carbons (Fsp3) is 0.688. The van der Waals surface area contributed by atoms with Crippen molar-refractivity contribution < 1.29 is 40.0 Å². The van der Waals surface area contributed by atoms with Gasteiger partial charge in [-0.1, -0.05) is 0 Å². The molecule has 2 rings (SSSR count). The van der Waals surface area contributed by atoms with Gasteiger partial charge in [0, 0.05) is 19.2 Å². The fourth-order valence-corrected chi connectivity index (χ4v) is 2.72. The van der Waals surface area contributed by atoms with Crippen molar-refractivity contribution >= 4 is 22.2 Å². The lowest BCUT2D eigenvalue weighted by molar-refractivity contribution is -0.0501. The molecule has 0 aromatic carbocycles. The summed E-state index contributed by atoms with van der Waals surface area (Å²) in [5.74, 6) is -0.877. The Morgan fingerprint density at radius 1 is 1.23 bits per heavy atom. The van der Waals surface area contributed by atoms with E-state index in [0.29, 0.717) is 26.3 Å². The Kier molecular flexibility index (Phi) is 7.01. The highest BCUT2D eigenvalue weighted by Crippen LogP contribution is 2.28. The molecule has 0 saturated carbocycles. The topological polar surface area (TPSA) is 120 Å². The number of carbonyl (C=O) groups is 1. The number of hydrogen-bond acceptors (Lipinski definition) is 9. The molecule has 1 aliphatic heterocycles. The van der Waals surface area contributed by atoms with Gasteiger partial charge in [-0.25, -0.2) is 9.78 Å². The van der Waals surface area contributed by atoms with E-state index in [1.807, 2.05) is 0 Å². The average Bonchev–Trinajstić information content (AvgIpc) is 2.59. The van der Waals surface area contributed by atoms with Gasteiger partial charge < -0.3 is 23.9 Å². The van der Waals surface area contributed by atoms with Crippen molar-refractivity contribution in [2.45, 2.75) is 44.8 Å². The molecule has 1 amide bonds. The lowest BCUT2D eigenvalue weighted by atomic mass is 10.2. The van der Waals surface area contributed by atoms with Crippen LogP contribution in [0.25, 0.3) is 0 Å². The highest BCUT2D eigenvalue weighted by molar-refractivity contribution is 7.87. The van der Waals surface area contributed by atoms with Crippen LogP contribution >= 0.6 is 0 Å². The van der Waals surface area contributed by atoms with Crippen LogP contribution in [-0.4, -0.2) is 61.9 Å². The smallest absolute Gasteiger partial charge is 0.444 e. The summed E-state index contributed by atoms with van der Waals surface area (Å²) in [6.07, 6.45) is -0.785. The number of amides is 1. The van der Waals surface area contributed by atoms with Gasteiger partial charge in [-0.05, 0) is 27.7 Å². The first-order valence-corrected chi connectivity index (χ1v) is 10.3. The summed E-state index contributed by atoms with van der Waals surface area (Å²) in [6.45, 7) is 7.81. The summed E-state index contributed by atoms with van der Waals surface area (Å²) in [5, 5.41) is 2.48. The molecule has 0 bridgehead atoms. The molecule has 1 aromatic rings. The number of halogens is 3. The summed E-state index contributed by atoms with van der Waals surface area (Å²) in [4.78, 5) is 21.6. The first kappa shape index (κ1) is 23.9. The first-order valence-electron chi connectivity index (χ1n) is 8.90. The summed E-state index contributed by atoms with van der Waals surface area (Å²) in [7, 11) is -5.93. The largest absolute Gasteiger partial charge is 0.534 e. The molecular weight excluding hydrogens is 433 g/mol. The number of anilines is 1. The van der Waals surface area contributed by atoms with Crippen LogP contribution in [0.4, 0.5) is 23.9 Å². The minimum Gasteiger partial charge on any atom is -0.444 e. The van der Waals surface area contributed by atoms with Gasteiger partial charge in [0.1, 0.15) is 5.60 Å². The quantitative estimate of drug-likeness (QED) is 0.525. The van der Waals surface area contributed by atoms with Crippen LogP contribution in [0.15, 0.2) is 6.07 Å². The predicted molar refractivity (Wildman–Crippen MR) is 98.5 cm³/mol. The number of alkyl carbamates (subject to hydrolysis) is 1. The van der Waals surface area contributed by atoms with E-state index in [1.165, 1.54) is 6.92 Å². The molecule has 170 valence electrons. The Morgan fingerprint density at radius 2 is 1.83 bits per heavy atom. The molecule has 0 spiro atoms. The van der Waals surface area contributed by atoms with Crippen LogP contribution in [0.1, 0.15) is 39.4 Å². The number of alkyl halides is 3. The fourth-order valence-electron chi connectivity index (χ4n) is 2.32. The summed E-state index contributed by atoms with van der Waals surface area (Å²) in [5.41, 5.74) is -6.37. The normalized spacial score (nSPS) is 16.7. The minimum atomic E-state index is -5.93. The van der Waals surface area contributed by atoms with Gasteiger partial charge in [0.2, 0.25) is 11.8 Å². The van der Waals surface area contributed by atoms with Gasteiger partial charge in [0.05, 0.1) is 24.9 Å². The monoisotopic (exact) mass is 456 g/mol.